The summed E-state index contributed by atoms with van der Waals surface area (Å²) in [5.41, 5.74) is 2.37. The van der Waals surface area contributed by atoms with Crippen LogP contribution in [0.15, 0.2) is 53.0 Å². The third-order valence-electron chi connectivity index (χ3n) is 4.59. The third kappa shape index (κ3) is 2.17. The summed E-state index contributed by atoms with van der Waals surface area (Å²) in [6, 6.07) is 9.93. The smallest absolute Gasteiger partial charge is 0.147 e. The molecule has 0 unspecified atom stereocenters. The minimum Gasteiger partial charge on any atom is -0.375 e. The number of rotatable bonds is 1. The van der Waals surface area contributed by atoms with Gasteiger partial charge in [-0.2, -0.15) is 0 Å². The van der Waals surface area contributed by atoms with E-state index in [1.54, 1.807) is 6.07 Å². The standard InChI is InChI=1S/C18H14BrF2N/c19-11-8-15-13-5-2-6-14(13)17(22-18(15)16(21)9-11)10-3-1-4-12(20)7-10/h1-5,7-9,13-14,17,22H,6H2/t13-,14-,17+/m1/s1. The van der Waals surface area contributed by atoms with Crippen LogP contribution in [-0.2, 0) is 0 Å². The van der Waals surface area contributed by atoms with E-state index >= 15 is 0 Å². The molecule has 112 valence electrons. The Balaban J connectivity index is 1.84. The van der Waals surface area contributed by atoms with Gasteiger partial charge in [0, 0.05) is 10.4 Å². The molecule has 1 aliphatic heterocycles. The van der Waals surface area contributed by atoms with Gasteiger partial charge in [0.05, 0.1) is 11.7 Å². The van der Waals surface area contributed by atoms with Gasteiger partial charge in [0.25, 0.3) is 0 Å². The average molecular weight is 362 g/mol. The molecule has 0 saturated carbocycles. The van der Waals surface area contributed by atoms with Crippen LogP contribution in [0.25, 0.3) is 0 Å². The summed E-state index contributed by atoms with van der Waals surface area (Å²) in [6.45, 7) is 0. The lowest BCUT2D eigenvalue weighted by atomic mass is 9.77. The molecule has 22 heavy (non-hydrogen) atoms. The molecule has 1 heterocycles. The average Bonchev–Trinajstić information content (AvgIpc) is 2.96. The lowest BCUT2D eigenvalue weighted by Crippen LogP contribution is -2.29. The fourth-order valence-electron chi connectivity index (χ4n) is 3.65. The third-order valence-corrected chi connectivity index (χ3v) is 5.05. The van der Waals surface area contributed by atoms with Gasteiger partial charge in [-0.05, 0) is 47.7 Å². The number of benzene rings is 2. The molecule has 0 saturated heterocycles. The van der Waals surface area contributed by atoms with Crippen LogP contribution in [-0.4, -0.2) is 0 Å². The molecular formula is C18H14BrF2N. The number of nitrogens with one attached hydrogen (secondary N) is 1. The molecule has 1 nitrogen and oxygen atoms in total. The molecule has 0 fully saturated rings. The van der Waals surface area contributed by atoms with E-state index in [9.17, 15) is 8.78 Å². The van der Waals surface area contributed by atoms with Crippen molar-refractivity contribution in [3.8, 4) is 0 Å². The SMILES string of the molecule is Fc1cccc([C@@H]2Nc3c(F)cc(Br)cc3[C@@H]3C=CC[C@H]32)c1. The molecule has 1 N–H and O–H groups in total. The maximum Gasteiger partial charge on any atom is 0.147 e. The topological polar surface area (TPSA) is 12.0 Å². The monoisotopic (exact) mass is 361 g/mol. The van der Waals surface area contributed by atoms with E-state index in [4.69, 9.17) is 0 Å². The Morgan fingerprint density at radius 1 is 1.14 bits per heavy atom. The lowest BCUT2D eigenvalue weighted by Gasteiger charge is -2.37. The first kappa shape index (κ1) is 13.9. The predicted molar refractivity (Wildman–Crippen MR) is 86.9 cm³/mol. The molecule has 0 radical (unpaired) electrons. The Bertz CT molecular complexity index is 772. The van der Waals surface area contributed by atoms with E-state index in [1.807, 2.05) is 12.1 Å². The van der Waals surface area contributed by atoms with Crippen molar-refractivity contribution >= 4 is 21.6 Å². The summed E-state index contributed by atoms with van der Waals surface area (Å²) in [7, 11) is 0. The number of hydrogen-bond acceptors (Lipinski definition) is 1. The van der Waals surface area contributed by atoms with Gasteiger partial charge < -0.3 is 5.32 Å². The van der Waals surface area contributed by atoms with Crippen molar-refractivity contribution in [3.05, 3.63) is 75.8 Å². The maximum absolute atomic E-state index is 14.4. The Morgan fingerprint density at radius 2 is 2.00 bits per heavy atom. The molecule has 3 atom stereocenters. The van der Waals surface area contributed by atoms with Crippen molar-refractivity contribution in [1.29, 1.82) is 0 Å². The fraction of sp³-hybridized carbons (Fsp3) is 0.222. The van der Waals surface area contributed by atoms with E-state index in [2.05, 4.69) is 33.4 Å². The minimum absolute atomic E-state index is 0.0844. The Labute approximate surface area is 136 Å². The van der Waals surface area contributed by atoms with Crippen molar-refractivity contribution in [3.63, 3.8) is 0 Å². The summed E-state index contributed by atoms with van der Waals surface area (Å²) in [6.07, 6.45) is 5.19. The van der Waals surface area contributed by atoms with Crippen LogP contribution in [0, 0.1) is 17.6 Å². The summed E-state index contributed by atoms with van der Waals surface area (Å²) >= 11 is 3.37. The van der Waals surface area contributed by atoms with Gasteiger partial charge in [-0.15, -0.1) is 0 Å². The second kappa shape index (κ2) is 5.20. The summed E-state index contributed by atoms with van der Waals surface area (Å²) in [5.74, 6) is -0.0899. The summed E-state index contributed by atoms with van der Waals surface area (Å²) in [5, 5.41) is 3.30. The second-order valence-electron chi connectivity index (χ2n) is 5.88. The van der Waals surface area contributed by atoms with Crippen LogP contribution in [0.2, 0.25) is 0 Å². The molecular weight excluding hydrogens is 348 g/mol. The highest BCUT2D eigenvalue weighted by Gasteiger charge is 2.39. The van der Waals surface area contributed by atoms with Crippen molar-refractivity contribution < 1.29 is 8.78 Å². The molecule has 4 heteroatoms. The molecule has 2 aromatic carbocycles. The van der Waals surface area contributed by atoms with Crippen molar-refractivity contribution in [1.82, 2.24) is 0 Å². The van der Waals surface area contributed by atoms with Gasteiger partial charge in [-0.1, -0.05) is 40.2 Å². The van der Waals surface area contributed by atoms with Crippen LogP contribution in [0.1, 0.15) is 29.5 Å². The highest BCUT2D eigenvalue weighted by atomic mass is 79.9. The quantitative estimate of drug-likeness (QED) is 0.656. The van der Waals surface area contributed by atoms with Crippen molar-refractivity contribution in [2.75, 3.05) is 5.32 Å². The van der Waals surface area contributed by atoms with Crippen LogP contribution >= 0.6 is 15.9 Å². The highest BCUT2D eigenvalue weighted by molar-refractivity contribution is 9.10. The first-order valence-electron chi connectivity index (χ1n) is 7.31. The van der Waals surface area contributed by atoms with Crippen molar-refractivity contribution in [2.45, 2.75) is 18.4 Å². The normalized spacial score (nSPS) is 25.5. The van der Waals surface area contributed by atoms with Gasteiger partial charge in [-0.25, -0.2) is 8.78 Å². The number of halogens is 3. The molecule has 2 aliphatic rings. The number of hydrogen-bond donors (Lipinski definition) is 1. The maximum atomic E-state index is 14.4. The Morgan fingerprint density at radius 3 is 2.82 bits per heavy atom. The van der Waals surface area contributed by atoms with Crippen LogP contribution < -0.4 is 5.32 Å². The number of allylic oxidation sites excluding steroid dienone is 2. The highest BCUT2D eigenvalue weighted by Crippen LogP contribution is 2.51. The van der Waals surface area contributed by atoms with E-state index in [-0.39, 0.29) is 29.5 Å². The lowest BCUT2D eigenvalue weighted by molar-refractivity contribution is 0.419. The number of anilines is 1. The zero-order valence-electron chi connectivity index (χ0n) is 11.7. The Hall–Kier alpha value is -1.68. The van der Waals surface area contributed by atoms with Crippen LogP contribution in [0.5, 0.6) is 0 Å². The van der Waals surface area contributed by atoms with Crippen molar-refractivity contribution in [2.24, 2.45) is 5.92 Å². The summed E-state index contributed by atoms with van der Waals surface area (Å²) < 4.78 is 28.7. The van der Waals surface area contributed by atoms with E-state index in [0.717, 1.165) is 22.0 Å². The first-order valence-corrected chi connectivity index (χ1v) is 8.10. The van der Waals surface area contributed by atoms with Gasteiger partial charge in [0.2, 0.25) is 0 Å². The van der Waals surface area contributed by atoms with E-state index < -0.39 is 0 Å². The predicted octanol–water partition coefficient (Wildman–Crippen LogP) is 5.55. The Kier molecular flexibility index (Phi) is 3.30. The molecule has 0 spiro atoms. The molecule has 4 rings (SSSR count). The van der Waals surface area contributed by atoms with Gasteiger partial charge in [0.1, 0.15) is 11.6 Å². The van der Waals surface area contributed by atoms with E-state index in [1.165, 1.54) is 18.2 Å². The molecule has 0 bridgehead atoms. The fourth-order valence-corrected chi connectivity index (χ4v) is 4.10. The largest absolute Gasteiger partial charge is 0.375 e. The first-order chi connectivity index (χ1) is 10.6. The molecule has 0 amide bonds. The zero-order chi connectivity index (χ0) is 15.3. The molecule has 2 aromatic rings. The molecule has 1 aliphatic carbocycles. The van der Waals surface area contributed by atoms with Crippen LogP contribution in [0.4, 0.5) is 14.5 Å². The molecule has 0 aromatic heterocycles. The van der Waals surface area contributed by atoms with Gasteiger partial charge in [0.15, 0.2) is 0 Å². The van der Waals surface area contributed by atoms with Gasteiger partial charge in [-0.3, -0.25) is 0 Å². The summed E-state index contributed by atoms with van der Waals surface area (Å²) in [4.78, 5) is 0. The van der Waals surface area contributed by atoms with Crippen LogP contribution in [0.3, 0.4) is 0 Å². The zero-order valence-corrected chi connectivity index (χ0v) is 13.3. The van der Waals surface area contributed by atoms with Gasteiger partial charge >= 0.3 is 0 Å². The van der Waals surface area contributed by atoms with E-state index in [0.29, 0.717) is 5.69 Å². The number of fused-ring (bicyclic) bond motifs is 3. The second-order valence-corrected chi connectivity index (χ2v) is 6.80. The minimum atomic E-state index is -0.274.